The number of imidazole rings is 1. The molecule has 1 aromatic carbocycles. The highest BCUT2D eigenvalue weighted by Crippen LogP contribution is 2.37. The minimum Gasteiger partial charge on any atom is -0.369 e. The number of primary amides is 1. The van der Waals surface area contributed by atoms with E-state index in [1.165, 1.54) is 6.20 Å². The first-order valence-electron chi connectivity index (χ1n) is 11.8. The number of hydrogen-bond acceptors (Lipinski definition) is 7. The molecular formula is C23H25F4N7O2. The summed E-state index contributed by atoms with van der Waals surface area (Å²) in [6, 6.07) is 0.281. The van der Waals surface area contributed by atoms with E-state index >= 15 is 0 Å². The van der Waals surface area contributed by atoms with Crippen molar-refractivity contribution in [3.8, 4) is 0 Å². The third-order valence-corrected chi connectivity index (χ3v) is 6.71. The number of amides is 1. The zero-order valence-electron chi connectivity index (χ0n) is 19.2. The molecule has 0 unspecified atom stereocenters. The summed E-state index contributed by atoms with van der Waals surface area (Å²) in [6.07, 6.45) is 3.27. The number of benzene rings is 1. The zero-order valence-corrected chi connectivity index (χ0v) is 19.2. The van der Waals surface area contributed by atoms with Gasteiger partial charge < -0.3 is 21.1 Å². The molecule has 0 spiro atoms. The SMILES string of the molecule is NC(=O)C1CCC(n2c(Nc3c(F)cc(F)cc3F)nc3cnc(N[C@H]4CCCO[C@H]4F)nc32)CC1. The second kappa shape index (κ2) is 9.88. The number of hydrogen-bond donors (Lipinski definition) is 3. The van der Waals surface area contributed by atoms with E-state index in [0.29, 0.717) is 68.4 Å². The van der Waals surface area contributed by atoms with Gasteiger partial charge in [-0.15, -0.1) is 0 Å². The lowest BCUT2D eigenvalue weighted by atomic mass is 9.85. The highest BCUT2D eigenvalue weighted by atomic mass is 19.2. The number of ether oxygens (including phenoxy) is 1. The maximum absolute atomic E-state index is 14.4. The van der Waals surface area contributed by atoms with Crippen molar-refractivity contribution in [1.82, 2.24) is 19.5 Å². The normalized spacial score (nSPS) is 24.6. The number of alkyl halides is 1. The van der Waals surface area contributed by atoms with Gasteiger partial charge in [0.2, 0.25) is 24.2 Å². The van der Waals surface area contributed by atoms with Crippen molar-refractivity contribution >= 4 is 34.7 Å². The van der Waals surface area contributed by atoms with Crippen LogP contribution in [0.25, 0.3) is 11.2 Å². The van der Waals surface area contributed by atoms with Crippen molar-refractivity contribution in [2.45, 2.75) is 57.0 Å². The predicted octanol–water partition coefficient (Wildman–Crippen LogP) is 4.09. The summed E-state index contributed by atoms with van der Waals surface area (Å²) in [5, 5.41) is 5.59. The monoisotopic (exact) mass is 507 g/mol. The summed E-state index contributed by atoms with van der Waals surface area (Å²) in [7, 11) is 0. The molecule has 2 atom stereocenters. The average molecular weight is 507 g/mol. The molecule has 1 amide bonds. The fourth-order valence-electron chi connectivity index (χ4n) is 4.84. The molecule has 0 bridgehead atoms. The van der Waals surface area contributed by atoms with Gasteiger partial charge in [-0.2, -0.15) is 4.98 Å². The molecule has 192 valence electrons. The van der Waals surface area contributed by atoms with Crippen LogP contribution in [0, 0.1) is 23.4 Å². The Hall–Kier alpha value is -3.48. The van der Waals surface area contributed by atoms with Gasteiger partial charge in [0, 0.05) is 24.1 Å². The van der Waals surface area contributed by atoms with E-state index in [9.17, 15) is 22.4 Å². The van der Waals surface area contributed by atoms with Gasteiger partial charge in [-0.25, -0.2) is 27.5 Å². The molecule has 0 radical (unpaired) electrons. The molecule has 2 aliphatic rings. The van der Waals surface area contributed by atoms with Gasteiger partial charge in [0.1, 0.15) is 17.0 Å². The number of carbonyl (C=O) groups excluding carboxylic acids is 1. The van der Waals surface area contributed by atoms with Crippen molar-refractivity contribution < 1.29 is 27.1 Å². The lowest BCUT2D eigenvalue weighted by Crippen LogP contribution is -2.37. The molecule has 13 heteroatoms. The van der Waals surface area contributed by atoms with Crippen molar-refractivity contribution in [3.63, 3.8) is 0 Å². The Kier molecular flexibility index (Phi) is 6.65. The van der Waals surface area contributed by atoms with Crippen LogP contribution in [0.5, 0.6) is 0 Å². The molecule has 3 aromatic rings. The van der Waals surface area contributed by atoms with Crippen LogP contribution in [0.4, 0.5) is 35.1 Å². The molecule has 2 fully saturated rings. The number of aromatic nitrogens is 4. The van der Waals surface area contributed by atoms with Crippen LogP contribution in [0.3, 0.4) is 0 Å². The summed E-state index contributed by atoms with van der Waals surface area (Å²) in [4.78, 5) is 24.8. The van der Waals surface area contributed by atoms with E-state index in [1.807, 2.05) is 0 Å². The Labute approximate surface area is 203 Å². The molecule has 1 aliphatic carbocycles. The van der Waals surface area contributed by atoms with Crippen LogP contribution in [0.2, 0.25) is 0 Å². The Morgan fingerprint density at radius 2 is 1.81 bits per heavy atom. The third-order valence-electron chi connectivity index (χ3n) is 6.71. The first-order valence-corrected chi connectivity index (χ1v) is 11.8. The molecule has 5 rings (SSSR count). The number of anilines is 3. The minimum absolute atomic E-state index is 0.0766. The van der Waals surface area contributed by atoms with Gasteiger partial charge in [-0.05, 0) is 38.5 Å². The van der Waals surface area contributed by atoms with E-state index < -0.39 is 35.5 Å². The number of carbonyl (C=O) groups is 1. The van der Waals surface area contributed by atoms with Gasteiger partial charge in [-0.3, -0.25) is 9.36 Å². The van der Waals surface area contributed by atoms with Crippen molar-refractivity contribution in [2.24, 2.45) is 11.7 Å². The quantitative estimate of drug-likeness (QED) is 0.430. The summed E-state index contributed by atoms with van der Waals surface area (Å²) < 4.78 is 63.2. The first kappa shape index (κ1) is 24.2. The molecule has 1 saturated heterocycles. The fraction of sp³-hybridized carbons (Fsp3) is 0.478. The minimum atomic E-state index is -1.51. The topological polar surface area (TPSA) is 120 Å². The van der Waals surface area contributed by atoms with E-state index in [-0.39, 0.29) is 29.8 Å². The standard InChI is InChI=1S/C23H25F4N7O2/c24-12-8-14(25)18(15(26)9-12)32-23-31-17-10-29-22(30-16-2-1-7-36-19(16)27)33-21(17)34(23)13-5-3-11(4-6-13)20(28)35/h8-11,13,16,19H,1-7H2,(H2,28,35)(H,31,32)(H,29,30,33)/t11?,13?,16-,19+/m0/s1. The van der Waals surface area contributed by atoms with Crippen molar-refractivity contribution in [1.29, 1.82) is 0 Å². The molecule has 4 N–H and O–H groups in total. The molecule has 1 aliphatic heterocycles. The van der Waals surface area contributed by atoms with Gasteiger partial charge in [-0.1, -0.05) is 0 Å². The van der Waals surface area contributed by atoms with Crippen LogP contribution >= 0.6 is 0 Å². The molecule has 1 saturated carbocycles. The van der Waals surface area contributed by atoms with Gasteiger partial charge in [0.15, 0.2) is 17.3 Å². The third kappa shape index (κ3) is 4.79. The number of fused-ring (bicyclic) bond motifs is 1. The second-order valence-corrected chi connectivity index (χ2v) is 9.10. The summed E-state index contributed by atoms with van der Waals surface area (Å²) in [6.45, 7) is 0.339. The summed E-state index contributed by atoms with van der Waals surface area (Å²) in [5.74, 6) is -3.70. The van der Waals surface area contributed by atoms with E-state index in [0.717, 1.165) is 0 Å². The van der Waals surface area contributed by atoms with Gasteiger partial charge >= 0.3 is 0 Å². The summed E-state index contributed by atoms with van der Waals surface area (Å²) in [5.41, 5.74) is 5.59. The van der Waals surface area contributed by atoms with Crippen LogP contribution in [0.15, 0.2) is 18.3 Å². The molecular weight excluding hydrogens is 482 g/mol. The fourth-order valence-corrected chi connectivity index (χ4v) is 4.84. The lowest BCUT2D eigenvalue weighted by Gasteiger charge is -2.29. The molecule has 3 heterocycles. The van der Waals surface area contributed by atoms with E-state index in [1.54, 1.807) is 4.57 Å². The van der Waals surface area contributed by atoms with Gasteiger partial charge in [0.25, 0.3) is 0 Å². The van der Waals surface area contributed by atoms with Crippen molar-refractivity contribution in [3.05, 3.63) is 35.8 Å². The van der Waals surface area contributed by atoms with Crippen LogP contribution < -0.4 is 16.4 Å². The maximum atomic E-state index is 14.4. The Morgan fingerprint density at radius 1 is 1.08 bits per heavy atom. The zero-order chi connectivity index (χ0) is 25.4. The largest absolute Gasteiger partial charge is 0.369 e. The van der Waals surface area contributed by atoms with E-state index in [4.69, 9.17) is 10.5 Å². The number of nitrogens with zero attached hydrogens (tertiary/aromatic N) is 4. The molecule has 9 nitrogen and oxygen atoms in total. The van der Waals surface area contributed by atoms with Crippen LogP contribution in [-0.4, -0.2) is 44.4 Å². The molecule has 2 aromatic heterocycles. The lowest BCUT2D eigenvalue weighted by molar-refractivity contribution is -0.122. The maximum Gasteiger partial charge on any atom is 0.225 e. The first-order chi connectivity index (χ1) is 17.3. The van der Waals surface area contributed by atoms with Crippen LogP contribution in [0.1, 0.15) is 44.6 Å². The van der Waals surface area contributed by atoms with Crippen molar-refractivity contribution in [2.75, 3.05) is 17.2 Å². The number of nitrogens with one attached hydrogen (secondary N) is 2. The van der Waals surface area contributed by atoms with E-state index in [2.05, 4.69) is 25.6 Å². The predicted molar refractivity (Wildman–Crippen MR) is 123 cm³/mol. The second-order valence-electron chi connectivity index (χ2n) is 9.10. The number of nitrogens with two attached hydrogens (primary N) is 1. The summed E-state index contributed by atoms with van der Waals surface area (Å²) >= 11 is 0. The highest BCUT2D eigenvalue weighted by Gasteiger charge is 2.30. The Balaban J connectivity index is 1.53. The smallest absolute Gasteiger partial charge is 0.225 e. The highest BCUT2D eigenvalue weighted by molar-refractivity contribution is 5.78. The Bertz CT molecular complexity index is 1260. The number of halogens is 4. The average Bonchev–Trinajstić information content (AvgIpc) is 3.20. The van der Waals surface area contributed by atoms with Gasteiger partial charge in [0.05, 0.1) is 18.8 Å². The molecule has 36 heavy (non-hydrogen) atoms. The number of rotatable bonds is 6. The Morgan fingerprint density at radius 3 is 2.47 bits per heavy atom. The van der Waals surface area contributed by atoms with Crippen LogP contribution in [-0.2, 0) is 9.53 Å².